The Morgan fingerprint density at radius 3 is 2.39 bits per heavy atom. The summed E-state index contributed by atoms with van der Waals surface area (Å²) in [5.41, 5.74) is 2.95. The van der Waals surface area contributed by atoms with Gasteiger partial charge in [-0.25, -0.2) is 4.98 Å². The van der Waals surface area contributed by atoms with E-state index < -0.39 is 0 Å². The molecule has 23 heavy (non-hydrogen) atoms. The van der Waals surface area contributed by atoms with Crippen molar-refractivity contribution in [2.24, 2.45) is 0 Å². The molecule has 0 radical (unpaired) electrons. The molecule has 0 N–H and O–H groups in total. The highest BCUT2D eigenvalue weighted by Crippen LogP contribution is 2.21. The molecule has 1 aromatic heterocycles. The van der Waals surface area contributed by atoms with E-state index in [2.05, 4.69) is 9.97 Å². The predicted octanol–water partition coefficient (Wildman–Crippen LogP) is 4.04. The van der Waals surface area contributed by atoms with Gasteiger partial charge < -0.3 is 9.47 Å². The molecule has 0 aliphatic rings. The first-order valence-corrected chi connectivity index (χ1v) is 7.41. The molecule has 116 valence electrons. The number of nitrogens with zero attached hydrogens (tertiary/aromatic N) is 2. The Balaban J connectivity index is 1.76. The average Bonchev–Trinajstić information content (AvgIpc) is 2.62. The van der Waals surface area contributed by atoms with Gasteiger partial charge in [0.1, 0.15) is 12.4 Å². The molecule has 4 nitrogen and oxygen atoms in total. The van der Waals surface area contributed by atoms with Crippen LogP contribution in [0.2, 0.25) is 0 Å². The van der Waals surface area contributed by atoms with Crippen LogP contribution in [0.1, 0.15) is 11.1 Å². The lowest BCUT2D eigenvalue weighted by Gasteiger charge is -2.10. The average molecular weight is 306 g/mol. The smallest absolute Gasteiger partial charge is 0.220 e. The van der Waals surface area contributed by atoms with Gasteiger partial charge in [-0.05, 0) is 24.6 Å². The molecule has 0 amide bonds. The molecule has 4 heteroatoms. The highest BCUT2D eigenvalue weighted by atomic mass is 16.5. The van der Waals surface area contributed by atoms with Crippen molar-refractivity contribution in [2.75, 3.05) is 7.11 Å². The third kappa shape index (κ3) is 3.66. The second-order valence-corrected chi connectivity index (χ2v) is 5.18. The van der Waals surface area contributed by atoms with E-state index >= 15 is 0 Å². The number of hydrogen-bond acceptors (Lipinski definition) is 4. The SMILES string of the molecule is COc1ccc(COc2nc(-c3ccccc3)ncc2C)cc1. The van der Waals surface area contributed by atoms with Gasteiger partial charge in [0.25, 0.3) is 0 Å². The molecule has 0 fully saturated rings. The summed E-state index contributed by atoms with van der Waals surface area (Å²) in [5.74, 6) is 2.11. The van der Waals surface area contributed by atoms with Crippen LogP contribution in [0.5, 0.6) is 11.6 Å². The maximum absolute atomic E-state index is 5.87. The molecule has 3 rings (SSSR count). The van der Waals surface area contributed by atoms with Crippen LogP contribution in [0.3, 0.4) is 0 Å². The molecule has 3 aromatic rings. The fourth-order valence-electron chi connectivity index (χ4n) is 2.17. The van der Waals surface area contributed by atoms with Crippen molar-refractivity contribution >= 4 is 0 Å². The largest absolute Gasteiger partial charge is 0.497 e. The van der Waals surface area contributed by atoms with E-state index in [1.54, 1.807) is 13.3 Å². The lowest BCUT2D eigenvalue weighted by Crippen LogP contribution is -2.01. The van der Waals surface area contributed by atoms with Crippen molar-refractivity contribution in [1.29, 1.82) is 0 Å². The van der Waals surface area contributed by atoms with E-state index in [1.165, 1.54) is 0 Å². The van der Waals surface area contributed by atoms with Crippen LogP contribution in [0, 0.1) is 6.92 Å². The second-order valence-electron chi connectivity index (χ2n) is 5.18. The second kappa shape index (κ2) is 6.92. The van der Waals surface area contributed by atoms with Gasteiger partial charge in [-0.3, -0.25) is 0 Å². The lowest BCUT2D eigenvalue weighted by molar-refractivity contribution is 0.291. The summed E-state index contributed by atoms with van der Waals surface area (Å²) >= 11 is 0. The Hall–Kier alpha value is -2.88. The zero-order valence-corrected chi connectivity index (χ0v) is 13.2. The minimum atomic E-state index is 0.454. The summed E-state index contributed by atoms with van der Waals surface area (Å²) in [6.45, 7) is 2.40. The minimum absolute atomic E-state index is 0.454. The molecular weight excluding hydrogens is 288 g/mol. The van der Waals surface area contributed by atoms with Gasteiger partial charge in [0.05, 0.1) is 7.11 Å². The van der Waals surface area contributed by atoms with E-state index in [-0.39, 0.29) is 0 Å². The van der Waals surface area contributed by atoms with Gasteiger partial charge in [-0.15, -0.1) is 0 Å². The first kappa shape index (κ1) is 15.0. The topological polar surface area (TPSA) is 44.2 Å². The predicted molar refractivity (Wildman–Crippen MR) is 89.5 cm³/mol. The Bertz CT molecular complexity index is 771. The Kier molecular flexibility index (Phi) is 4.52. The normalized spacial score (nSPS) is 10.3. The molecule has 1 heterocycles. The fourth-order valence-corrected chi connectivity index (χ4v) is 2.17. The van der Waals surface area contributed by atoms with Gasteiger partial charge in [0.15, 0.2) is 5.82 Å². The zero-order valence-electron chi connectivity index (χ0n) is 13.2. The summed E-state index contributed by atoms with van der Waals surface area (Å²) < 4.78 is 11.0. The molecule has 0 aliphatic carbocycles. The van der Waals surface area contributed by atoms with Crippen LogP contribution in [0.15, 0.2) is 60.8 Å². The molecule has 0 unspecified atom stereocenters. The number of aryl methyl sites for hydroxylation is 1. The van der Waals surface area contributed by atoms with Crippen molar-refractivity contribution in [3.8, 4) is 23.0 Å². The highest BCUT2D eigenvalue weighted by molar-refractivity contribution is 5.55. The zero-order chi connectivity index (χ0) is 16.1. The Morgan fingerprint density at radius 1 is 0.957 bits per heavy atom. The molecule has 0 bridgehead atoms. The van der Waals surface area contributed by atoms with Gasteiger partial charge in [-0.1, -0.05) is 42.5 Å². The van der Waals surface area contributed by atoms with Crippen LogP contribution in [-0.4, -0.2) is 17.1 Å². The van der Waals surface area contributed by atoms with Crippen molar-refractivity contribution in [3.63, 3.8) is 0 Å². The Morgan fingerprint density at radius 2 is 1.70 bits per heavy atom. The van der Waals surface area contributed by atoms with E-state index in [0.717, 1.165) is 22.4 Å². The van der Waals surface area contributed by atoms with Crippen molar-refractivity contribution < 1.29 is 9.47 Å². The van der Waals surface area contributed by atoms with Crippen LogP contribution < -0.4 is 9.47 Å². The van der Waals surface area contributed by atoms with Crippen LogP contribution in [0.4, 0.5) is 0 Å². The standard InChI is InChI=1S/C19H18N2O2/c1-14-12-20-18(16-6-4-3-5-7-16)21-19(14)23-13-15-8-10-17(22-2)11-9-15/h3-12H,13H2,1-2H3. The van der Waals surface area contributed by atoms with Gasteiger partial charge in [0, 0.05) is 17.3 Å². The molecule has 0 saturated heterocycles. The highest BCUT2D eigenvalue weighted by Gasteiger charge is 2.07. The van der Waals surface area contributed by atoms with Gasteiger partial charge >= 0.3 is 0 Å². The molecule has 0 aliphatic heterocycles. The van der Waals surface area contributed by atoms with E-state index in [1.807, 2.05) is 61.5 Å². The van der Waals surface area contributed by atoms with Gasteiger partial charge in [0.2, 0.25) is 5.88 Å². The first-order chi connectivity index (χ1) is 11.3. The van der Waals surface area contributed by atoms with Crippen molar-refractivity contribution in [1.82, 2.24) is 9.97 Å². The number of ether oxygens (including phenoxy) is 2. The summed E-state index contributed by atoms with van der Waals surface area (Å²) in [5, 5.41) is 0. The van der Waals surface area contributed by atoms with E-state index in [0.29, 0.717) is 18.3 Å². The molecule has 0 atom stereocenters. The number of benzene rings is 2. The summed E-state index contributed by atoms with van der Waals surface area (Å²) in [6.07, 6.45) is 1.79. The quantitative estimate of drug-likeness (QED) is 0.713. The first-order valence-electron chi connectivity index (χ1n) is 7.41. The minimum Gasteiger partial charge on any atom is -0.497 e. The number of methoxy groups -OCH3 is 1. The van der Waals surface area contributed by atoms with Crippen molar-refractivity contribution in [3.05, 3.63) is 71.9 Å². The lowest BCUT2D eigenvalue weighted by atomic mass is 10.2. The molecule has 0 saturated carbocycles. The van der Waals surface area contributed by atoms with E-state index in [4.69, 9.17) is 9.47 Å². The maximum atomic E-state index is 5.87. The van der Waals surface area contributed by atoms with Crippen LogP contribution in [-0.2, 0) is 6.61 Å². The Labute approximate surface area is 135 Å². The van der Waals surface area contributed by atoms with Gasteiger partial charge in [-0.2, -0.15) is 4.98 Å². The number of hydrogen-bond donors (Lipinski definition) is 0. The van der Waals surface area contributed by atoms with E-state index in [9.17, 15) is 0 Å². The third-order valence-electron chi connectivity index (χ3n) is 3.49. The summed E-state index contributed by atoms with van der Waals surface area (Å²) in [4.78, 5) is 8.91. The fraction of sp³-hybridized carbons (Fsp3) is 0.158. The van der Waals surface area contributed by atoms with Crippen LogP contribution in [0.25, 0.3) is 11.4 Å². The number of rotatable bonds is 5. The molecule has 0 spiro atoms. The maximum Gasteiger partial charge on any atom is 0.220 e. The summed E-state index contributed by atoms with van der Waals surface area (Å²) in [7, 11) is 1.65. The molecular formula is C19H18N2O2. The monoisotopic (exact) mass is 306 g/mol. The van der Waals surface area contributed by atoms with Crippen molar-refractivity contribution in [2.45, 2.75) is 13.5 Å². The van der Waals surface area contributed by atoms with Crippen LogP contribution >= 0.6 is 0 Å². The third-order valence-corrected chi connectivity index (χ3v) is 3.49. The number of aromatic nitrogens is 2. The summed E-state index contributed by atoms with van der Waals surface area (Å²) in [6, 6.07) is 17.7. The molecule has 2 aromatic carbocycles.